The van der Waals surface area contributed by atoms with E-state index in [4.69, 9.17) is 4.74 Å². The van der Waals surface area contributed by atoms with Crippen molar-refractivity contribution in [2.45, 2.75) is 0 Å². The molecule has 9 heteroatoms. The highest BCUT2D eigenvalue weighted by Gasteiger charge is 2.20. The van der Waals surface area contributed by atoms with E-state index in [9.17, 15) is 4.79 Å². The van der Waals surface area contributed by atoms with Crippen molar-refractivity contribution < 1.29 is 9.53 Å². The molecule has 9 nitrogen and oxygen atoms in total. The molecule has 0 spiro atoms. The lowest BCUT2D eigenvalue weighted by molar-refractivity contribution is 0.102. The maximum atomic E-state index is 12.6. The Labute approximate surface area is 168 Å². The highest BCUT2D eigenvalue weighted by atomic mass is 16.5. The predicted octanol–water partition coefficient (Wildman–Crippen LogP) is 1.80. The summed E-state index contributed by atoms with van der Waals surface area (Å²) in [4.78, 5) is 25.7. The minimum atomic E-state index is -0.325. The summed E-state index contributed by atoms with van der Waals surface area (Å²) in [5.74, 6) is 1.18. The maximum Gasteiger partial charge on any atom is 0.263 e. The van der Waals surface area contributed by atoms with Crippen LogP contribution in [-0.4, -0.2) is 58.9 Å². The number of hydrogen-bond donors (Lipinski definition) is 1. The molecule has 0 atom stereocenters. The molecule has 0 bridgehead atoms. The minimum absolute atomic E-state index is 0.274. The van der Waals surface area contributed by atoms with Gasteiger partial charge in [-0.05, 0) is 12.1 Å². The molecule has 1 aliphatic rings. The van der Waals surface area contributed by atoms with Gasteiger partial charge >= 0.3 is 0 Å². The van der Waals surface area contributed by atoms with Crippen LogP contribution in [0.1, 0.15) is 10.4 Å². The van der Waals surface area contributed by atoms with Gasteiger partial charge in [-0.1, -0.05) is 18.2 Å². The highest BCUT2D eigenvalue weighted by Crippen LogP contribution is 2.21. The summed E-state index contributed by atoms with van der Waals surface area (Å²) in [5, 5.41) is 6.90. The van der Waals surface area contributed by atoms with Crippen molar-refractivity contribution >= 4 is 23.2 Å². The van der Waals surface area contributed by atoms with E-state index in [1.165, 1.54) is 23.8 Å². The van der Waals surface area contributed by atoms with E-state index in [0.29, 0.717) is 11.4 Å². The Morgan fingerprint density at radius 3 is 2.52 bits per heavy atom. The van der Waals surface area contributed by atoms with Crippen LogP contribution in [0.3, 0.4) is 0 Å². The van der Waals surface area contributed by atoms with E-state index >= 15 is 0 Å². The molecule has 150 valence electrons. The third-order valence-electron chi connectivity index (χ3n) is 4.85. The number of carbonyl (C=O) groups is 1. The molecule has 1 aliphatic heterocycles. The van der Waals surface area contributed by atoms with E-state index in [-0.39, 0.29) is 11.8 Å². The zero-order valence-electron chi connectivity index (χ0n) is 16.4. The number of hydrogen-bond acceptors (Lipinski definition) is 7. The number of methoxy groups -OCH3 is 1. The average molecular weight is 393 g/mol. The summed E-state index contributed by atoms with van der Waals surface area (Å²) >= 11 is 0. The summed E-state index contributed by atoms with van der Waals surface area (Å²) < 4.78 is 6.69. The van der Waals surface area contributed by atoms with Gasteiger partial charge in [0, 0.05) is 51.2 Å². The molecule has 2 aromatic heterocycles. The van der Waals surface area contributed by atoms with Crippen LogP contribution in [-0.2, 0) is 7.05 Å². The summed E-state index contributed by atoms with van der Waals surface area (Å²) in [7, 11) is 3.22. The Balaban J connectivity index is 1.42. The van der Waals surface area contributed by atoms with Crippen molar-refractivity contribution in [2.75, 3.05) is 48.4 Å². The second kappa shape index (κ2) is 8.17. The maximum absolute atomic E-state index is 12.6. The first-order valence-corrected chi connectivity index (χ1v) is 9.40. The van der Waals surface area contributed by atoms with Gasteiger partial charge in [-0.3, -0.25) is 9.48 Å². The molecule has 1 saturated heterocycles. The van der Waals surface area contributed by atoms with Gasteiger partial charge in [0.15, 0.2) is 0 Å². The number of para-hydroxylation sites is 1. The number of aryl methyl sites for hydroxylation is 1. The smallest absolute Gasteiger partial charge is 0.263 e. The lowest BCUT2D eigenvalue weighted by Gasteiger charge is -2.36. The van der Waals surface area contributed by atoms with E-state index in [1.54, 1.807) is 19.3 Å². The number of amides is 1. The van der Waals surface area contributed by atoms with Crippen LogP contribution < -0.4 is 19.9 Å². The van der Waals surface area contributed by atoms with E-state index < -0.39 is 0 Å². The van der Waals surface area contributed by atoms with Crippen LogP contribution >= 0.6 is 0 Å². The molecule has 3 heterocycles. The van der Waals surface area contributed by atoms with Crippen molar-refractivity contribution in [2.24, 2.45) is 7.05 Å². The van der Waals surface area contributed by atoms with Crippen molar-refractivity contribution in [3.05, 3.63) is 54.5 Å². The van der Waals surface area contributed by atoms with Crippen LogP contribution in [0.5, 0.6) is 5.88 Å². The fourth-order valence-corrected chi connectivity index (χ4v) is 3.38. The standard InChI is InChI=1S/C20H23N7O2/c1-25-13-16(20(24-25)29-2)19(28)23-17-12-18(22-14-21-17)27-10-8-26(9-11-27)15-6-4-3-5-7-15/h3-7,12-14H,8-11H2,1-2H3,(H,21,22,23,28). The van der Waals surface area contributed by atoms with Crippen LogP contribution in [0.4, 0.5) is 17.3 Å². The zero-order valence-corrected chi connectivity index (χ0v) is 16.4. The number of aromatic nitrogens is 4. The fraction of sp³-hybridized carbons (Fsp3) is 0.300. The van der Waals surface area contributed by atoms with E-state index in [1.807, 2.05) is 6.07 Å². The number of piperazine rings is 1. The number of nitrogens with zero attached hydrogens (tertiary/aromatic N) is 6. The number of ether oxygens (including phenoxy) is 1. The molecule has 0 aliphatic carbocycles. The summed E-state index contributed by atoms with van der Waals surface area (Å²) in [6, 6.07) is 12.2. The molecule has 4 rings (SSSR count). The highest BCUT2D eigenvalue weighted by molar-refractivity contribution is 6.05. The number of benzene rings is 1. The molecule has 1 amide bonds. The van der Waals surface area contributed by atoms with Gasteiger partial charge in [0.25, 0.3) is 5.91 Å². The second-order valence-corrected chi connectivity index (χ2v) is 6.75. The Morgan fingerprint density at radius 2 is 1.79 bits per heavy atom. The number of nitrogens with one attached hydrogen (secondary N) is 1. The molecule has 0 saturated carbocycles. The summed E-state index contributed by atoms with van der Waals surface area (Å²) in [5.41, 5.74) is 1.58. The number of anilines is 3. The Bertz CT molecular complexity index is 982. The van der Waals surface area contributed by atoms with Crippen LogP contribution in [0.2, 0.25) is 0 Å². The fourth-order valence-electron chi connectivity index (χ4n) is 3.38. The van der Waals surface area contributed by atoms with E-state index in [2.05, 4.69) is 54.4 Å². The molecule has 1 aromatic carbocycles. The molecular weight excluding hydrogens is 370 g/mol. The monoisotopic (exact) mass is 393 g/mol. The third-order valence-corrected chi connectivity index (χ3v) is 4.85. The van der Waals surface area contributed by atoms with E-state index in [0.717, 1.165) is 32.0 Å². The van der Waals surface area contributed by atoms with Crippen molar-refractivity contribution in [3.8, 4) is 5.88 Å². The van der Waals surface area contributed by atoms with Gasteiger partial charge < -0.3 is 19.9 Å². The molecule has 0 unspecified atom stereocenters. The topological polar surface area (TPSA) is 88.4 Å². The zero-order chi connectivity index (χ0) is 20.2. The quantitative estimate of drug-likeness (QED) is 0.707. The SMILES string of the molecule is COc1nn(C)cc1C(=O)Nc1cc(N2CCN(c3ccccc3)CC2)ncn1. The first-order chi connectivity index (χ1) is 14.1. The van der Waals surface area contributed by atoms with Gasteiger partial charge in [-0.15, -0.1) is 5.10 Å². The molecule has 29 heavy (non-hydrogen) atoms. The minimum Gasteiger partial charge on any atom is -0.479 e. The number of carbonyl (C=O) groups excluding carboxylic acids is 1. The largest absolute Gasteiger partial charge is 0.479 e. The molecular formula is C20H23N7O2. The molecule has 0 radical (unpaired) electrons. The normalized spacial score (nSPS) is 14.0. The molecule has 3 aromatic rings. The van der Waals surface area contributed by atoms with Crippen LogP contribution in [0.15, 0.2) is 48.9 Å². The van der Waals surface area contributed by atoms with Crippen LogP contribution in [0.25, 0.3) is 0 Å². The lowest BCUT2D eigenvalue weighted by atomic mass is 10.2. The third kappa shape index (κ3) is 4.13. The van der Waals surface area contributed by atoms with Gasteiger partial charge in [0.2, 0.25) is 5.88 Å². The first-order valence-electron chi connectivity index (χ1n) is 9.40. The Morgan fingerprint density at radius 1 is 1.07 bits per heavy atom. The van der Waals surface area contributed by atoms with Gasteiger partial charge in [-0.2, -0.15) is 0 Å². The van der Waals surface area contributed by atoms with Gasteiger partial charge in [0.1, 0.15) is 23.5 Å². The van der Waals surface area contributed by atoms with Crippen molar-refractivity contribution in [1.82, 2.24) is 19.7 Å². The Hall–Kier alpha value is -3.62. The molecule has 1 N–H and O–H groups in total. The van der Waals surface area contributed by atoms with Crippen LogP contribution in [0, 0.1) is 0 Å². The number of rotatable bonds is 5. The predicted molar refractivity (Wildman–Crippen MR) is 111 cm³/mol. The second-order valence-electron chi connectivity index (χ2n) is 6.75. The van der Waals surface area contributed by atoms with Gasteiger partial charge in [-0.25, -0.2) is 9.97 Å². The van der Waals surface area contributed by atoms with Crippen molar-refractivity contribution in [3.63, 3.8) is 0 Å². The van der Waals surface area contributed by atoms with Gasteiger partial charge in [0.05, 0.1) is 7.11 Å². The Kier molecular flexibility index (Phi) is 5.28. The average Bonchev–Trinajstić information content (AvgIpc) is 3.16. The first kappa shape index (κ1) is 18.7. The lowest BCUT2D eigenvalue weighted by Crippen LogP contribution is -2.46. The molecule has 1 fully saturated rings. The van der Waals surface area contributed by atoms with Crippen molar-refractivity contribution in [1.29, 1.82) is 0 Å². The summed E-state index contributed by atoms with van der Waals surface area (Å²) in [6.07, 6.45) is 3.08. The summed E-state index contributed by atoms with van der Waals surface area (Å²) in [6.45, 7) is 3.50.